The summed E-state index contributed by atoms with van der Waals surface area (Å²) in [6.07, 6.45) is 6.04. The van der Waals surface area contributed by atoms with Gasteiger partial charge in [-0.2, -0.15) is 0 Å². The van der Waals surface area contributed by atoms with Gasteiger partial charge in [0.15, 0.2) is 6.61 Å². The summed E-state index contributed by atoms with van der Waals surface area (Å²) in [6, 6.07) is 6.91. The molecule has 0 heterocycles. The molecule has 1 aromatic rings. The normalized spacial score (nSPS) is 15.6. The lowest BCUT2D eigenvalue weighted by Crippen LogP contribution is -2.36. The number of rotatable bonds is 7. The number of nitrogens with one attached hydrogen (secondary N) is 1. The highest BCUT2D eigenvalue weighted by Gasteiger charge is 2.32. The van der Waals surface area contributed by atoms with Crippen LogP contribution in [0, 0.1) is 5.41 Å². The molecule has 7 heteroatoms. The maximum absolute atomic E-state index is 12.3. The lowest BCUT2D eigenvalue weighted by atomic mass is 9.71. The van der Waals surface area contributed by atoms with Crippen molar-refractivity contribution in [2.75, 3.05) is 25.6 Å². The van der Waals surface area contributed by atoms with Crippen LogP contribution in [0.15, 0.2) is 24.3 Å². The smallest absolute Gasteiger partial charge is 0.343 e. The van der Waals surface area contributed by atoms with E-state index >= 15 is 0 Å². The summed E-state index contributed by atoms with van der Waals surface area (Å²) in [6.45, 7) is 0.419. The van der Waals surface area contributed by atoms with Gasteiger partial charge in [-0.05, 0) is 49.1 Å². The van der Waals surface area contributed by atoms with Crippen LogP contribution in [0.25, 0.3) is 0 Å². The number of ether oxygens (including phenoxy) is 2. The predicted octanol–water partition coefficient (Wildman–Crippen LogP) is 2.90. The van der Waals surface area contributed by atoms with E-state index in [0.717, 1.165) is 25.7 Å². The third kappa shape index (κ3) is 6.55. The average Bonchev–Trinajstić information content (AvgIpc) is 2.61. The topological polar surface area (TPSA) is 90.6 Å². The lowest BCUT2D eigenvalue weighted by Gasteiger charge is -2.35. The van der Waals surface area contributed by atoms with Gasteiger partial charge in [-0.15, -0.1) is 12.4 Å². The van der Waals surface area contributed by atoms with Gasteiger partial charge in [-0.3, -0.25) is 4.79 Å². The van der Waals surface area contributed by atoms with E-state index in [-0.39, 0.29) is 30.3 Å². The van der Waals surface area contributed by atoms with Gasteiger partial charge in [0, 0.05) is 12.1 Å². The first-order chi connectivity index (χ1) is 11.6. The zero-order chi connectivity index (χ0) is 17.4. The molecule has 25 heavy (non-hydrogen) atoms. The zero-order valence-corrected chi connectivity index (χ0v) is 15.4. The number of esters is 1. The summed E-state index contributed by atoms with van der Waals surface area (Å²) in [5.41, 5.74) is 6.59. The van der Waals surface area contributed by atoms with Gasteiger partial charge in [0.05, 0.1) is 7.11 Å². The van der Waals surface area contributed by atoms with Crippen LogP contribution < -0.4 is 15.8 Å². The van der Waals surface area contributed by atoms with Crippen LogP contribution >= 0.6 is 12.4 Å². The van der Waals surface area contributed by atoms with Gasteiger partial charge in [0.2, 0.25) is 5.91 Å². The monoisotopic (exact) mass is 370 g/mol. The Bertz CT molecular complexity index is 557. The fourth-order valence-electron chi connectivity index (χ4n) is 3.14. The number of carbonyl (C=O) groups excluding carboxylic acids is 2. The molecule has 3 N–H and O–H groups in total. The van der Waals surface area contributed by atoms with Gasteiger partial charge in [0.25, 0.3) is 0 Å². The van der Waals surface area contributed by atoms with Crippen molar-refractivity contribution in [1.82, 2.24) is 0 Å². The number of halogens is 1. The first-order valence-corrected chi connectivity index (χ1v) is 8.36. The van der Waals surface area contributed by atoms with E-state index in [1.54, 1.807) is 24.3 Å². The molecule has 0 spiro atoms. The molecule has 1 amide bonds. The molecule has 1 aliphatic carbocycles. The minimum absolute atomic E-state index is 0. The highest BCUT2D eigenvalue weighted by Crippen LogP contribution is 2.38. The van der Waals surface area contributed by atoms with Crippen molar-refractivity contribution in [3.8, 4) is 5.75 Å². The number of benzene rings is 1. The van der Waals surface area contributed by atoms with Crippen molar-refractivity contribution < 1.29 is 19.1 Å². The van der Waals surface area contributed by atoms with Crippen molar-refractivity contribution in [2.45, 2.75) is 38.5 Å². The summed E-state index contributed by atoms with van der Waals surface area (Å²) >= 11 is 0. The number of carbonyl (C=O) groups is 2. The van der Waals surface area contributed by atoms with E-state index in [1.165, 1.54) is 13.5 Å². The Morgan fingerprint density at radius 1 is 1.16 bits per heavy atom. The second kappa shape index (κ2) is 10.3. The fraction of sp³-hybridized carbons (Fsp3) is 0.556. The Labute approximate surface area is 154 Å². The molecular formula is C18H27ClN2O4. The molecule has 0 radical (unpaired) electrons. The third-order valence-corrected chi connectivity index (χ3v) is 4.61. The molecule has 1 aliphatic rings. The molecular weight excluding hydrogens is 344 g/mol. The van der Waals surface area contributed by atoms with E-state index in [0.29, 0.717) is 24.4 Å². The van der Waals surface area contributed by atoms with E-state index in [4.69, 9.17) is 10.5 Å². The number of hydrogen-bond donors (Lipinski definition) is 2. The molecule has 0 atom stereocenters. The van der Waals surface area contributed by atoms with Crippen LogP contribution in [0.3, 0.4) is 0 Å². The summed E-state index contributed by atoms with van der Waals surface area (Å²) < 4.78 is 9.78. The number of amides is 1. The maximum Gasteiger partial charge on any atom is 0.343 e. The molecule has 140 valence electrons. The Kier molecular flexibility index (Phi) is 8.72. The highest BCUT2D eigenvalue weighted by molar-refractivity contribution is 5.91. The van der Waals surface area contributed by atoms with E-state index in [2.05, 4.69) is 10.1 Å². The van der Waals surface area contributed by atoms with Crippen LogP contribution in [-0.4, -0.2) is 32.1 Å². The standard InChI is InChI=1S/C18H26N2O4.ClH/c1-23-17(22)12-24-15-7-5-14(6-8-15)20-16(21)11-18(13-19)9-3-2-4-10-18;/h5-8H,2-4,9-13,19H2,1H3,(H,20,21);1H. The zero-order valence-electron chi connectivity index (χ0n) is 14.6. The highest BCUT2D eigenvalue weighted by atomic mass is 35.5. The SMILES string of the molecule is COC(=O)COc1ccc(NC(=O)CC2(CN)CCCCC2)cc1.Cl. The Morgan fingerprint density at radius 2 is 1.80 bits per heavy atom. The van der Waals surface area contributed by atoms with Crippen LogP contribution in [0.5, 0.6) is 5.75 Å². The summed E-state index contributed by atoms with van der Waals surface area (Å²) in [4.78, 5) is 23.4. The number of anilines is 1. The Hall–Kier alpha value is -1.79. The molecule has 1 aromatic carbocycles. The molecule has 1 saturated carbocycles. The molecule has 0 aromatic heterocycles. The minimum atomic E-state index is -0.438. The molecule has 0 bridgehead atoms. The Balaban J connectivity index is 0.00000312. The molecule has 0 unspecified atom stereocenters. The average molecular weight is 371 g/mol. The summed E-state index contributed by atoms with van der Waals surface area (Å²) in [5.74, 6) is 0.0987. The summed E-state index contributed by atoms with van der Waals surface area (Å²) in [5, 5.41) is 2.91. The van der Waals surface area contributed by atoms with Crippen LogP contribution in [0.1, 0.15) is 38.5 Å². The summed E-state index contributed by atoms with van der Waals surface area (Å²) in [7, 11) is 1.31. The number of methoxy groups -OCH3 is 1. The molecule has 0 aliphatic heterocycles. The number of hydrogen-bond acceptors (Lipinski definition) is 5. The van der Waals surface area contributed by atoms with Crippen LogP contribution in [-0.2, 0) is 14.3 Å². The van der Waals surface area contributed by atoms with Crippen molar-refractivity contribution in [3.05, 3.63) is 24.3 Å². The van der Waals surface area contributed by atoms with Crippen LogP contribution in [0.2, 0.25) is 0 Å². The second-order valence-electron chi connectivity index (χ2n) is 6.38. The molecule has 6 nitrogen and oxygen atoms in total. The first kappa shape index (κ1) is 21.3. The second-order valence-corrected chi connectivity index (χ2v) is 6.38. The first-order valence-electron chi connectivity index (χ1n) is 8.36. The lowest BCUT2D eigenvalue weighted by molar-refractivity contribution is -0.142. The van der Waals surface area contributed by atoms with E-state index in [1.807, 2.05) is 0 Å². The van der Waals surface area contributed by atoms with Gasteiger partial charge in [0.1, 0.15) is 5.75 Å². The quantitative estimate of drug-likeness (QED) is 0.720. The third-order valence-electron chi connectivity index (χ3n) is 4.61. The molecule has 1 fully saturated rings. The van der Waals surface area contributed by atoms with Crippen LogP contribution in [0.4, 0.5) is 5.69 Å². The van der Waals surface area contributed by atoms with Crippen molar-refractivity contribution in [1.29, 1.82) is 0 Å². The van der Waals surface area contributed by atoms with Crippen molar-refractivity contribution in [2.24, 2.45) is 11.1 Å². The van der Waals surface area contributed by atoms with Gasteiger partial charge < -0.3 is 20.5 Å². The van der Waals surface area contributed by atoms with Gasteiger partial charge in [-0.1, -0.05) is 19.3 Å². The van der Waals surface area contributed by atoms with Crippen molar-refractivity contribution in [3.63, 3.8) is 0 Å². The number of nitrogens with two attached hydrogens (primary N) is 1. The Morgan fingerprint density at radius 3 is 2.36 bits per heavy atom. The molecule has 0 saturated heterocycles. The molecule has 2 rings (SSSR count). The van der Waals surface area contributed by atoms with Gasteiger partial charge in [-0.25, -0.2) is 4.79 Å². The van der Waals surface area contributed by atoms with E-state index in [9.17, 15) is 9.59 Å². The fourth-order valence-corrected chi connectivity index (χ4v) is 3.14. The maximum atomic E-state index is 12.3. The van der Waals surface area contributed by atoms with Gasteiger partial charge >= 0.3 is 5.97 Å². The largest absolute Gasteiger partial charge is 0.482 e. The predicted molar refractivity (Wildman–Crippen MR) is 99.0 cm³/mol. The van der Waals surface area contributed by atoms with E-state index < -0.39 is 5.97 Å². The van der Waals surface area contributed by atoms with Crippen molar-refractivity contribution >= 4 is 30.0 Å². The minimum Gasteiger partial charge on any atom is -0.482 e.